The summed E-state index contributed by atoms with van der Waals surface area (Å²) < 4.78 is 16.5. The monoisotopic (exact) mass is 405 g/mol. The average molecular weight is 406 g/mol. The van der Waals surface area contributed by atoms with E-state index in [0.29, 0.717) is 19.7 Å². The van der Waals surface area contributed by atoms with Gasteiger partial charge >= 0.3 is 0 Å². The van der Waals surface area contributed by atoms with E-state index < -0.39 is 0 Å². The molecule has 1 amide bonds. The van der Waals surface area contributed by atoms with Gasteiger partial charge in [-0.1, -0.05) is 5.16 Å². The number of aromatic nitrogens is 2. The molecule has 4 rings (SSSR count). The predicted octanol–water partition coefficient (Wildman–Crippen LogP) is 3.24. The number of carbonyl (C=O) groups excluding carboxylic acids is 1. The zero-order valence-corrected chi connectivity index (χ0v) is 17.1. The summed E-state index contributed by atoms with van der Waals surface area (Å²) in [7, 11) is 1.71. The van der Waals surface area contributed by atoms with Crippen LogP contribution in [-0.4, -0.2) is 61.0 Å². The highest BCUT2D eigenvalue weighted by atomic mass is 32.1. The van der Waals surface area contributed by atoms with Crippen LogP contribution in [0, 0.1) is 0 Å². The topological polar surface area (TPSA) is 77.7 Å². The summed E-state index contributed by atoms with van der Waals surface area (Å²) >= 11 is 1.55. The fourth-order valence-electron chi connectivity index (χ4n) is 4.15. The number of amides is 1. The second kappa shape index (κ2) is 8.71. The van der Waals surface area contributed by atoms with Crippen LogP contribution >= 0.6 is 11.3 Å². The lowest BCUT2D eigenvalue weighted by Crippen LogP contribution is -2.46. The Morgan fingerprint density at radius 2 is 2.14 bits per heavy atom. The molecule has 152 valence electrons. The first kappa shape index (κ1) is 19.5. The van der Waals surface area contributed by atoms with E-state index in [0.717, 1.165) is 62.6 Å². The van der Waals surface area contributed by atoms with Crippen molar-refractivity contribution in [2.75, 3.05) is 40.0 Å². The smallest absolute Gasteiger partial charge is 0.254 e. The third-order valence-electron chi connectivity index (χ3n) is 6.05. The maximum atomic E-state index is 12.7. The molecule has 0 aliphatic carbocycles. The normalized spacial score (nSPS) is 20.4. The molecule has 0 unspecified atom stereocenters. The summed E-state index contributed by atoms with van der Waals surface area (Å²) in [5.74, 6) is 1.90. The fraction of sp³-hybridized carbons (Fsp3) is 0.650. The van der Waals surface area contributed by atoms with Crippen molar-refractivity contribution < 1.29 is 18.8 Å². The maximum Gasteiger partial charge on any atom is 0.254 e. The summed E-state index contributed by atoms with van der Waals surface area (Å²) in [5, 5.41) is 8.23. The Morgan fingerprint density at radius 3 is 2.82 bits per heavy atom. The first-order valence-electron chi connectivity index (χ1n) is 9.94. The number of methoxy groups -OCH3 is 1. The van der Waals surface area contributed by atoms with E-state index in [1.54, 1.807) is 18.4 Å². The Labute approximate surface area is 169 Å². The number of nitrogens with zero attached hydrogens (tertiary/aromatic N) is 3. The number of carbonyl (C=O) groups is 1. The number of rotatable bonds is 6. The van der Waals surface area contributed by atoms with Crippen molar-refractivity contribution in [2.45, 2.75) is 43.4 Å². The number of piperidine rings is 1. The molecule has 2 aromatic rings. The molecule has 0 radical (unpaired) electrons. The summed E-state index contributed by atoms with van der Waals surface area (Å²) in [6.45, 7) is 3.52. The average Bonchev–Trinajstić information content (AvgIpc) is 3.45. The molecule has 28 heavy (non-hydrogen) atoms. The maximum absolute atomic E-state index is 12.7. The lowest BCUT2D eigenvalue weighted by molar-refractivity contribution is 0.0616. The van der Waals surface area contributed by atoms with Gasteiger partial charge in [-0.2, -0.15) is 16.3 Å². The molecule has 2 aromatic heterocycles. The van der Waals surface area contributed by atoms with Crippen molar-refractivity contribution in [2.24, 2.45) is 0 Å². The summed E-state index contributed by atoms with van der Waals surface area (Å²) in [6.07, 6.45) is 4.32. The Bertz CT molecular complexity index is 762. The van der Waals surface area contributed by atoms with E-state index in [2.05, 4.69) is 5.16 Å². The van der Waals surface area contributed by atoms with Crippen LogP contribution in [0.5, 0.6) is 0 Å². The van der Waals surface area contributed by atoms with Crippen LogP contribution in [-0.2, 0) is 14.9 Å². The quantitative estimate of drug-likeness (QED) is 0.734. The molecular weight excluding hydrogens is 378 g/mol. The van der Waals surface area contributed by atoms with Gasteiger partial charge in [-0.15, -0.1) is 0 Å². The first-order valence-corrected chi connectivity index (χ1v) is 10.9. The van der Waals surface area contributed by atoms with Crippen LogP contribution in [0.15, 0.2) is 21.3 Å². The Morgan fingerprint density at radius 1 is 1.36 bits per heavy atom. The number of hydrogen-bond donors (Lipinski definition) is 0. The summed E-state index contributed by atoms with van der Waals surface area (Å²) in [6, 6.07) is 1.89. The second-order valence-corrected chi connectivity index (χ2v) is 8.45. The number of thiophene rings is 1. The van der Waals surface area contributed by atoms with Gasteiger partial charge in [-0.05, 0) is 43.6 Å². The molecule has 4 heterocycles. The minimum Gasteiger partial charge on any atom is -0.385 e. The van der Waals surface area contributed by atoms with Gasteiger partial charge in [-0.3, -0.25) is 4.79 Å². The zero-order chi connectivity index (χ0) is 19.4. The predicted molar refractivity (Wildman–Crippen MR) is 105 cm³/mol. The third-order valence-corrected chi connectivity index (χ3v) is 6.73. The van der Waals surface area contributed by atoms with Gasteiger partial charge in [-0.25, -0.2) is 0 Å². The molecule has 2 saturated heterocycles. The minimum absolute atomic E-state index is 0.109. The Kier molecular flexibility index (Phi) is 6.08. The fourth-order valence-corrected chi connectivity index (χ4v) is 4.78. The molecular formula is C20H27N3O4S. The van der Waals surface area contributed by atoms with Crippen molar-refractivity contribution in [1.29, 1.82) is 0 Å². The van der Waals surface area contributed by atoms with Crippen LogP contribution in [0.1, 0.15) is 60.1 Å². The van der Waals surface area contributed by atoms with E-state index in [4.69, 9.17) is 19.0 Å². The molecule has 0 bridgehead atoms. The van der Waals surface area contributed by atoms with Crippen molar-refractivity contribution in [3.05, 3.63) is 34.1 Å². The van der Waals surface area contributed by atoms with Crippen LogP contribution in [0.25, 0.3) is 0 Å². The highest BCUT2D eigenvalue weighted by Crippen LogP contribution is 2.38. The van der Waals surface area contributed by atoms with Crippen LogP contribution < -0.4 is 0 Å². The number of likely N-dealkylation sites (tertiary alicyclic amines) is 1. The molecule has 7 nitrogen and oxygen atoms in total. The van der Waals surface area contributed by atoms with Gasteiger partial charge < -0.3 is 18.9 Å². The Hall–Kier alpha value is -1.77. The van der Waals surface area contributed by atoms with Crippen LogP contribution in [0.2, 0.25) is 0 Å². The molecule has 0 N–H and O–H groups in total. The Balaban J connectivity index is 1.48. The van der Waals surface area contributed by atoms with E-state index >= 15 is 0 Å². The van der Waals surface area contributed by atoms with Gasteiger partial charge in [0, 0.05) is 56.7 Å². The van der Waals surface area contributed by atoms with Gasteiger partial charge in [0.2, 0.25) is 5.89 Å². The summed E-state index contributed by atoms with van der Waals surface area (Å²) in [4.78, 5) is 19.4. The first-order chi connectivity index (χ1) is 13.7. The van der Waals surface area contributed by atoms with Crippen molar-refractivity contribution in [3.8, 4) is 0 Å². The molecule has 8 heteroatoms. The highest BCUT2D eigenvalue weighted by Gasteiger charge is 2.41. The number of ether oxygens (including phenoxy) is 2. The molecule has 0 aromatic carbocycles. The van der Waals surface area contributed by atoms with Crippen molar-refractivity contribution in [1.82, 2.24) is 15.0 Å². The largest absolute Gasteiger partial charge is 0.385 e. The van der Waals surface area contributed by atoms with E-state index in [1.165, 1.54) is 0 Å². The highest BCUT2D eigenvalue weighted by molar-refractivity contribution is 7.08. The van der Waals surface area contributed by atoms with E-state index in [-0.39, 0.29) is 17.2 Å². The lowest BCUT2D eigenvalue weighted by atomic mass is 9.75. The minimum atomic E-state index is -0.200. The van der Waals surface area contributed by atoms with E-state index in [9.17, 15) is 4.79 Å². The molecule has 2 aliphatic heterocycles. The van der Waals surface area contributed by atoms with Crippen molar-refractivity contribution in [3.63, 3.8) is 0 Å². The zero-order valence-electron chi connectivity index (χ0n) is 16.3. The van der Waals surface area contributed by atoms with Crippen LogP contribution in [0.3, 0.4) is 0 Å². The molecule has 2 fully saturated rings. The standard InChI is InChI=1S/C20H27N3O4S/c1-25-12-7-20(19-21-17(27-22-19)15-2-10-26-11-3-15)5-8-23(9-6-20)18(24)16-4-13-28-14-16/h4,13-15H,2-3,5-12H2,1H3. The molecule has 2 aliphatic rings. The summed E-state index contributed by atoms with van der Waals surface area (Å²) in [5.41, 5.74) is 0.574. The molecule has 0 spiro atoms. The van der Waals surface area contributed by atoms with Gasteiger partial charge in [0.1, 0.15) is 0 Å². The second-order valence-electron chi connectivity index (χ2n) is 7.67. The van der Waals surface area contributed by atoms with E-state index in [1.807, 2.05) is 21.7 Å². The van der Waals surface area contributed by atoms with Gasteiger partial charge in [0.15, 0.2) is 5.82 Å². The molecule has 0 saturated carbocycles. The van der Waals surface area contributed by atoms with Crippen molar-refractivity contribution >= 4 is 17.2 Å². The van der Waals surface area contributed by atoms with Crippen LogP contribution in [0.4, 0.5) is 0 Å². The lowest BCUT2D eigenvalue weighted by Gasteiger charge is -2.39. The molecule has 0 atom stereocenters. The third kappa shape index (κ3) is 3.99. The number of hydrogen-bond acceptors (Lipinski definition) is 7. The van der Waals surface area contributed by atoms with Gasteiger partial charge in [0.25, 0.3) is 5.91 Å². The van der Waals surface area contributed by atoms with Gasteiger partial charge in [0.05, 0.1) is 5.56 Å². The SMILES string of the molecule is COCCC1(c2noc(C3CCOCC3)n2)CCN(C(=O)c2ccsc2)CC1.